The summed E-state index contributed by atoms with van der Waals surface area (Å²) in [5.41, 5.74) is 1.96. The van der Waals surface area contributed by atoms with Crippen LogP contribution in [0.25, 0.3) is 0 Å². The molecule has 0 bridgehead atoms. The highest BCUT2D eigenvalue weighted by atomic mass is 16.5. The highest BCUT2D eigenvalue weighted by Gasteiger charge is 2.41. The molecule has 0 radical (unpaired) electrons. The molecule has 2 amide bonds. The van der Waals surface area contributed by atoms with Crippen molar-refractivity contribution >= 4 is 11.8 Å². The van der Waals surface area contributed by atoms with Gasteiger partial charge in [-0.2, -0.15) is 0 Å². The van der Waals surface area contributed by atoms with E-state index in [1.54, 1.807) is 28.6 Å². The van der Waals surface area contributed by atoms with Crippen LogP contribution < -0.4 is 10.2 Å². The van der Waals surface area contributed by atoms with Gasteiger partial charge in [0.05, 0.1) is 6.04 Å². The lowest BCUT2D eigenvalue weighted by Gasteiger charge is -2.38. The Morgan fingerprint density at radius 3 is 2.84 bits per heavy atom. The van der Waals surface area contributed by atoms with Crippen LogP contribution in [0.1, 0.15) is 49.0 Å². The van der Waals surface area contributed by atoms with Crippen LogP contribution in [0.5, 0.6) is 5.75 Å². The summed E-state index contributed by atoms with van der Waals surface area (Å²) in [5.74, 6) is -0.0639. The van der Waals surface area contributed by atoms with Crippen LogP contribution in [-0.2, 0) is 16.1 Å². The van der Waals surface area contributed by atoms with Crippen molar-refractivity contribution in [2.75, 3.05) is 13.2 Å². The van der Waals surface area contributed by atoms with E-state index >= 15 is 0 Å². The first-order valence-corrected chi connectivity index (χ1v) is 8.60. The van der Waals surface area contributed by atoms with Gasteiger partial charge in [-0.3, -0.25) is 14.8 Å². The Balaban J connectivity index is 1.85. The van der Waals surface area contributed by atoms with E-state index in [0.717, 1.165) is 24.8 Å². The second-order valence-electron chi connectivity index (χ2n) is 6.89. The van der Waals surface area contributed by atoms with Crippen LogP contribution in [0.3, 0.4) is 0 Å². The van der Waals surface area contributed by atoms with Gasteiger partial charge >= 0.3 is 0 Å². The van der Waals surface area contributed by atoms with Gasteiger partial charge in [-0.05, 0) is 45.2 Å². The fraction of sp³-hybridized carbons (Fsp3) is 0.556. The van der Waals surface area contributed by atoms with Gasteiger partial charge in [0.15, 0.2) is 0 Å². The minimum Gasteiger partial charge on any atom is -0.491 e. The summed E-state index contributed by atoms with van der Waals surface area (Å²) in [7, 11) is 0. The number of carbonyl (C=O) groups is 2. The molecule has 7 nitrogen and oxygen atoms in total. The van der Waals surface area contributed by atoms with Crippen LogP contribution in [-0.4, -0.2) is 46.8 Å². The molecule has 2 N–H and O–H groups in total. The zero-order valence-electron chi connectivity index (χ0n) is 14.6. The fourth-order valence-corrected chi connectivity index (χ4v) is 3.34. The number of rotatable bonds is 2. The van der Waals surface area contributed by atoms with Crippen molar-refractivity contribution in [3.8, 4) is 5.75 Å². The molecule has 3 rings (SSSR count). The van der Waals surface area contributed by atoms with Gasteiger partial charge in [0.25, 0.3) is 11.8 Å². The topological polar surface area (TPSA) is 88.1 Å². The molecule has 1 fully saturated rings. The lowest BCUT2D eigenvalue weighted by Crippen LogP contribution is -2.53. The van der Waals surface area contributed by atoms with Gasteiger partial charge in [0.1, 0.15) is 18.0 Å². The lowest BCUT2D eigenvalue weighted by molar-refractivity contribution is -0.165. The highest BCUT2D eigenvalue weighted by molar-refractivity contribution is 5.94. The summed E-state index contributed by atoms with van der Waals surface area (Å²) in [6, 6.07) is 4.82. The maximum absolute atomic E-state index is 13.1. The monoisotopic (exact) mass is 348 g/mol. The van der Waals surface area contributed by atoms with E-state index in [-0.39, 0.29) is 11.9 Å². The Hall–Kier alpha value is -2.12. The summed E-state index contributed by atoms with van der Waals surface area (Å²) in [6.45, 7) is 5.14. The quantitative estimate of drug-likeness (QED) is 0.629. The number of hydrogen-bond donors (Lipinski definition) is 2. The molecular weight excluding hydrogens is 324 g/mol. The van der Waals surface area contributed by atoms with Crippen LogP contribution in [0, 0.1) is 0 Å². The Labute approximate surface area is 146 Å². The minimum atomic E-state index is -0.784. The molecule has 1 aromatic rings. The zero-order chi connectivity index (χ0) is 18.0. The van der Waals surface area contributed by atoms with Crippen LogP contribution in [0.15, 0.2) is 18.2 Å². The van der Waals surface area contributed by atoms with Crippen LogP contribution in [0.2, 0.25) is 0 Å². The molecule has 0 spiro atoms. The van der Waals surface area contributed by atoms with Crippen molar-refractivity contribution in [3.05, 3.63) is 29.3 Å². The average Bonchev–Trinajstić information content (AvgIpc) is 2.79. The number of nitrogens with one attached hydrogen (secondary N) is 1. The Morgan fingerprint density at radius 2 is 2.16 bits per heavy atom. The Kier molecular flexibility index (Phi) is 4.96. The summed E-state index contributed by atoms with van der Waals surface area (Å²) >= 11 is 0. The van der Waals surface area contributed by atoms with Crippen molar-refractivity contribution < 1.29 is 24.3 Å². The van der Waals surface area contributed by atoms with Crippen molar-refractivity contribution in [3.63, 3.8) is 0 Å². The van der Waals surface area contributed by atoms with Gasteiger partial charge in [0.2, 0.25) is 0 Å². The number of hydroxylamine groups is 1. The SMILES string of the molecule is CC1COc2cc(C(=O)NO)ccc2CN1C(=O)[C@]1(C)CCCCO1. The maximum Gasteiger partial charge on any atom is 0.274 e. The van der Waals surface area contributed by atoms with Crippen molar-refractivity contribution in [2.45, 2.75) is 51.3 Å². The summed E-state index contributed by atoms with van der Waals surface area (Å²) in [4.78, 5) is 26.5. The third-order valence-corrected chi connectivity index (χ3v) is 4.97. The van der Waals surface area contributed by atoms with Crippen LogP contribution >= 0.6 is 0 Å². The van der Waals surface area contributed by atoms with E-state index in [2.05, 4.69) is 0 Å². The molecule has 2 aliphatic heterocycles. The second kappa shape index (κ2) is 7.01. The standard InChI is InChI=1S/C18H24N2O5/c1-12-11-24-15-9-13(16(21)19-23)5-6-14(15)10-20(12)17(22)18(2)7-3-4-8-25-18/h5-6,9,12,23H,3-4,7-8,10-11H2,1-2H3,(H,19,21)/t12?,18-/m0/s1. The molecule has 1 unspecified atom stereocenters. The smallest absolute Gasteiger partial charge is 0.274 e. The summed E-state index contributed by atoms with van der Waals surface area (Å²) in [5, 5.41) is 8.77. The number of benzene rings is 1. The molecule has 1 aromatic carbocycles. The van der Waals surface area contributed by atoms with Gasteiger partial charge in [-0.25, -0.2) is 5.48 Å². The van der Waals surface area contributed by atoms with E-state index in [1.165, 1.54) is 0 Å². The largest absolute Gasteiger partial charge is 0.491 e. The minimum absolute atomic E-state index is 0.0201. The molecule has 2 atom stereocenters. The third kappa shape index (κ3) is 3.48. The number of nitrogens with zero attached hydrogens (tertiary/aromatic N) is 1. The van der Waals surface area contributed by atoms with E-state index in [0.29, 0.717) is 31.1 Å². The first kappa shape index (κ1) is 17.7. The normalized spacial score (nSPS) is 26.2. The van der Waals surface area contributed by atoms with Gasteiger partial charge < -0.3 is 14.4 Å². The average molecular weight is 348 g/mol. The molecule has 25 heavy (non-hydrogen) atoms. The molecule has 0 aliphatic carbocycles. The van der Waals surface area contributed by atoms with Crippen molar-refractivity contribution in [1.82, 2.24) is 10.4 Å². The zero-order valence-corrected chi connectivity index (χ0v) is 14.6. The van der Waals surface area contributed by atoms with E-state index in [1.807, 2.05) is 13.8 Å². The van der Waals surface area contributed by atoms with E-state index in [9.17, 15) is 9.59 Å². The number of fused-ring (bicyclic) bond motifs is 1. The van der Waals surface area contributed by atoms with E-state index in [4.69, 9.17) is 14.7 Å². The molecule has 7 heteroatoms. The van der Waals surface area contributed by atoms with Crippen molar-refractivity contribution in [2.24, 2.45) is 0 Å². The lowest BCUT2D eigenvalue weighted by atomic mass is 9.93. The fourth-order valence-electron chi connectivity index (χ4n) is 3.34. The number of hydrogen-bond acceptors (Lipinski definition) is 5. The predicted molar refractivity (Wildman–Crippen MR) is 89.4 cm³/mol. The first-order chi connectivity index (χ1) is 11.9. The second-order valence-corrected chi connectivity index (χ2v) is 6.89. The predicted octanol–water partition coefficient (Wildman–Crippen LogP) is 1.87. The number of carbonyl (C=O) groups excluding carboxylic acids is 2. The van der Waals surface area contributed by atoms with Gasteiger partial charge in [0, 0.05) is 24.3 Å². The maximum atomic E-state index is 13.1. The third-order valence-electron chi connectivity index (χ3n) is 4.97. The highest BCUT2D eigenvalue weighted by Crippen LogP contribution is 2.31. The van der Waals surface area contributed by atoms with E-state index < -0.39 is 11.5 Å². The Morgan fingerprint density at radius 1 is 1.36 bits per heavy atom. The summed E-state index contributed by atoms with van der Waals surface area (Å²) in [6.07, 6.45) is 2.69. The molecule has 136 valence electrons. The molecule has 0 saturated carbocycles. The van der Waals surface area contributed by atoms with Gasteiger partial charge in [-0.15, -0.1) is 0 Å². The molecule has 2 aliphatic rings. The Bertz CT molecular complexity index is 669. The molecule has 1 saturated heterocycles. The molecule has 2 heterocycles. The molecule has 0 aromatic heterocycles. The number of amides is 2. The number of ether oxygens (including phenoxy) is 2. The first-order valence-electron chi connectivity index (χ1n) is 8.60. The summed E-state index contributed by atoms with van der Waals surface area (Å²) < 4.78 is 11.6. The molecular formula is C18H24N2O5. The van der Waals surface area contributed by atoms with Crippen LogP contribution in [0.4, 0.5) is 0 Å². The van der Waals surface area contributed by atoms with Gasteiger partial charge in [-0.1, -0.05) is 6.07 Å². The van der Waals surface area contributed by atoms with Crippen molar-refractivity contribution in [1.29, 1.82) is 0 Å².